The fraction of sp³-hybridized carbons (Fsp3) is 0.364. The molecule has 0 aliphatic carbocycles. The quantitative estimate of drug-likeness (QED) is 0.653. The van der Waals surface area contributed by atoms with Crippen LogP contribution in [0.2, 0.25) is 0 Å². The molecule has 0 aliphatic rings. The third kappa shape index (κ3) is 1.32. The Morgan fingerprint density at radius 3 is 2.69 bits per heavy atom. The highest BCUT2D eigenvalue weighted by Crippen LogP contribution is 2.27. The molecule has 0 spiro atoms. The second-order valence-electron chi connectivity index (χ2n) is 4.35. The highest BCUT2D eigenvalue weighted by atomic mass is 14.9. The molecule has 0 bridgehead atoms. The van der Waals surface area contributed by atoms with E-state index in [0.717, 1.165) is 11.0 Å². The van der Waals surface area contributed by atoms with Gasteiger partial charge in [0.25, 0.3) is 0 Å². The number of benzene rings is 1. The van der Waals surface area contributed by atoms with Crippen molar-refractivity contribution in [3.05, 3.63) is 30.1 Å². The summed E-state index contributed by atoms with van der Waals surface area (Å²) in [5.74, 6) is 0. The minimum absolute atomic E-state index is 0.161. The fourth-order valence-electron chi connectivity index (χ4n) is 1.57. The number of fused-ring (bicyclic) bond motifs is 1. The van der Waals surface area contributed by atoms with Crippen molar-refractivity contribution in [3.8, 4) is 0 Å². The molecule has 0 unspecified atom stereocenters. The number of nitrogens with zero attached hydrogens (tertiary/aromatic N) is 1. The zero-order chi connectivity index (χ0) is 9.47. The second-order valence-corrected chi connectivity index (χ2v) is 4.35. The number of aromatic amines is 1. The molecule has 1 aromatic carbocycles. The molecule has 1 N–H and O–H groups in total. The summed E-state index contributed by atoms with van der Waals surface area (Å²) in [5.41, 5.74) is 3.67. The van der Waals surface area contributed by atoms with Gasteiger partial charge < -0.3 is 4.98 Å². The van der Waals surface area contributed by atoms with E-state index in [1.165, 1.54) is 5.56 Å². The number of hydrogen-bond donors (Lipinski definition) is 1. The Labute approximate surface area is 78.0 Å². The average molecular weight is 174 g/mol. The van der Waals surface area contributed by atoms with Crippen molar-refractivity contribution < 1.29 is 0 Å². The summed E-state index contributed by atoms with van der Waals surface area (Å²) in [6, 6.07) is 6.27. The van der Waals surface area contributed by atoms with Crippen LogP contribution in [0.3, 0.4) is 0 Å². The van der Waals surface area contributed by atoms with Gasteiger partial charge in [-0.25, -0.2) is 4.98 Å². The van der Waals surface area contributed by atoms with Crippen LogP contribution in [0.1, 0.15) is 26.3 Å². The van der Waals surface area contributed by atoms with Crippen LogP contribution in [0.4, 0.5) is 0 Å². The Bertz CT molecular complexity index is 421. The summed E-state index contributed by atoms with van der Waals surface area (Å²) in [6.07, 6.45) is 1.75. The van der Waals surface area contributed by atoms with Gasteiger partial charge in [-0.15, -0.1) is 0 Å². The molecule has 0 aliphatic heterocycles. The molecule has 2 aromatic rings. The van der Waals surface area contributed by atoms with Crippen LogP contribution < -0.4 is 0 Å². The fourth-order valence-corrected chi connectivity index (χ4v) is 1.57. The van der Waals surface area contributed by atoms with E-state index < -0.39 is 0 Å². The standard InChI is InChI=1S/C11H14N2/c1-11(2,3)8-5-4-6-9-10(8)13-7-12-9/h4-7H,1-3H3,(H,12,13). The monoisotopic (exact) mass is 174 g/mol. The van der Waals surface area contributed by atoms with E-state index in [-0.39, 0.29) is 5.41 Å². The Kier molecular flexibility index (Phi) is 1.65. The topological polar surface area (TPSA) is 28.7 Å². The van der Waals surface area contributed by atoms with Crippen LogP contribution in [0.25, 0.3) is 11.0 Å². The lowest BCUT2D eigenvalue weighted by Gasteiger charge is -2.18. The van der Waals surface area contributed by atoms with Gasteiger partial charge in [-0.2, -0.15) is 0 Å². The molecule has 0 saturated carbocycles. The molecule has 1 aromatic heterocycles. The van der Waals surface area contributed by atoms with Crippen molar-refractivity contribution in [2.45, 2.75) is 26.2 Å². The lowest BCUT2D eigenvalue weighted by Crippen LogP contribution is -2.11. The van der Waals surface area contributed by atoms with Crippen LogP contribution in [0.5, 0.6) is 0 Å². The first kappa shape index (κ1) is 8.30. The van der Waals surface area contributed by atoms with Gasteiger partial charge >= 0.3 is 0 Å². The largest absolute Gasteiger partial charge is 0.345 e. The number of aromatic nitrogens is 2. The van der Waals surface area contributed by atoms with Gasteiger partial charge in [0.1, 0.15) is 0 Å². The van der Waals surface area contributed by atoms with Crippen molar-refractivity contribution >= 4 is 11.0 Å². The molecule has 0 fully saturated rings. The highest BCUT2D eigenvalue weighted by molar-refractivity contribution is 5.79. The van der Waals surface area contributed by atoms with E-state index in [1.807, 2.05) is 0 Å². The molecule has 1 heterocycles. The van der Waals surface area contributed by atoms with Gasteiger partial charge in [0, 0.05) is 0 Å². The lowest BCUT2D eigenvalue weighted by atomic mass is 9.86. The molecule has 68 valence electrons. The molecular formula is C11H14N2. The molecule has 0 amide bonds. The first-order valence-corrected chi connectivity index (χ1v) is 4.51. The van der Waals surface area contributed by atoms with E-state index in [1.54, 1.807) is 6.33 Å². The number of para-hydroxylation sites is 1. The normalized spacial score (nSPS) is 12.2. The lowest BCUT2D eigenvalue weighted by molar-refractivity contribution is 0.595. The maximum Gasteiger partial charge on any atom is 0.0931 e. The van der Waals surface area contributed by atoms with Gasteiger partial charge in [-0.05, 0) is 17.0 Å². The SMILES string of the molecule is CC(C)(C)c1cccc2[nH]cnc12. The highest BCUT2D eigenvalue weighted by Gasteiger charge is 2.17. The van der Waals surface area contributed by atoms with E-state index in [9.17, 15) is 0 Å². The molecule has 0 saturated heterocycles. The van der Waals surface area contributed by atoms with Crippen molar-refractivity contribution in [3.63, 3.8) is 0 Å². The number of H-pyrrole nitrogens is 1. The average Bonchev–Trinajstić information content (AvgIpc) is 2.48. The second kappa shape index (κ2) is 2.59. The number of nitrogens with one attached hydrogen (secondary N) is 1. The van der Waals surface area contributed by atoms with Gasteiger partial charge in [-0.1, -0.05) is 32.9 Å². The third-order valence-corrected chi connectivity index (χ3v) is 2.26. The van der Waals surface area contributed by atoms with Gasteiger partial charge in [0.15, 0.2) is 0 Å². The van der Waals surface area contributed by atoms with Crippen LogP contribution in [0, 0.1) is 0 Å². The summed E-state index contributed by atoms with van der Waals surface area (Å²) < 4.78 is 0. The predicted molar refractivity (Wildman–Crippen MR) is 54.8 cm³/mol. The minimum atomic E-state index is 0.161. The Balaban J connectivity index is 2.75. The van der Waals surface area contributed by atoms with Crippen LogP contribution in [0.15, 0.2) is 24.5 Å². The first-order valence-electron chi connectivity index (χ1n) is 4.51. The Hall–Kier alpha value is -1.31. The van der Waals surface area contributed by atoms with Crippen LogP contribution >= 0.6 is 0 Å². The number of hydrogen-bond acceptors (Lipinski definition) is 1. The zero-order valence-corrected chi connectivity index (χ0v) is 8.26. The summed E-state index contributed by atoms with van der Waals surface area (Å²) in [5, 5.41) is 0. The van der Waals surface area contributed by atoms with Crippen molar-refractivity contribution in [2.24, 2.45) is 0 Å². The third-order valence-electron chi connectivity index (χ3n) is 2.26. The van der Waals surface area contributed by atoms with Crippen molar-refractivity contribution in [2.75, 3.05) is 0 Å². The van der Waals surface area contributed by atoms with Crippen molar-refractivity contribution in [1.82, 2.24) is 9.97 Å². The summed E-state index contributed by atoms with van der Waals surface area (Å²) in [7, 11) is 0. The Morgan fingerprint density at radius 2 is 2.00 bits per heavy atom. The van der Waals surface area contributed by atoms with Gasteiger partial charge in [-0.3, -0.25) is 0 Å². The zero-order valence-electron chi connectivity index (χ0n) is 8.26. The van der Waals surface area contributed by atoms with E-state index >= 15 is 0 Å². The van der Waals surface area contributed by atoms with Gasteiger partial charge in [0.05, 0.1) is 17.4 Å². The maximum atomic E-state index is 4.33. The Morgan fingerprint density at radius 1 is 1.23 bits per heavy atom. The number of rotatable bonds is 0. The molecule has 2 heteroatoms. The summed E-state index contributed by atoms with van der Waals surface area (Å²) in [6.45, 7) is 6.61. The first-order chi connectivity index (χ1) is 6.09. The molecule has 2 nitrogen and oxygen atoms in total. The van der Waals surface area contributed by atoms with E-state index in [0.29, 0.717) is 0 Å². The predicted octanol–water partition coefficient (Wildman–Crippen LogP) is 2.86. The van der Waals surface area contributed by atoms with E-state index in [2.05, 4.69) is 48.9 Å². The van der Waals surface area contributed by atoms with E-state index in [4.69, 9.17) is 0 Å². The number of imidazole rings is 1. The van der Waals surface area contributed by atoms with Crippen LogP contribution in [-0.4, -0.2) is 9.97 Å². The smallest absolute Gasteiger partial charge is 0.0931 e. The summed E-state index contributed by atoms with van der Waals surface area (Å²) in [4.78, 5) is 7.45. The molecular weight excluding hydrogens is 160 g/mol. The molecule has 13 heavy (non-hydrogen) atoms. The molecule has 0 radical (unpaired) electrons. The van der Waals surface area contributed by atoms with Crippen LogP contribution in [-0.2, 0) is 5.41 Å². The maximum absolute atomic E-state index is 4.33. The summed E-state index contributed by atoms with van der Waals surface area (Å²) >= 11 is 0. The van der Waals surface area contributed by atoms with Gasteiger partial charge in [0.2, 0.25) is 0 Å². The van der Waals surface area contributed by atoms with Crippen molar-refractivity contribution in [1.29, 1.82) is 0 Å². The molecule has 2 rings (SSSR count). The molecule has 0 atom stereocenters. The minimum Gasteiger partial charge on any atom is -0.345 e.